The van der Waals surface area contributed by atoms with E-state index in [4.69, 9.17) is 4.52 Å². The van der Waals surface area contributed by atoms with E-state index in [9.17, 15) is 0 Å². The van der Waals surface area contributed by atoms with Crippen LogP contribution in [-0.4, -0.2) is 24.9 Å². The van der Waals surface area contributed by atoms with E-state index >= 15 is 0 Å². The Bertz CT molecular complexity index is 810. The second-order valence-electron chi connectivity index (χ2n) is 5.34. The van der Waals surface area contributed by atoms with Gasteiger partial charge in [-0.05, 0) is 19.4 Å². The quantitative estimate of drug-likeness (QED) is 0.666. The molecular formula is C16H19N5OS. The molecule has 23 heavy (non-hydrogen) atoms. The summed E-state index contributed by atoms with van der Waals surface area (Å²) in [5, 5.41) is 13.4. The first kappa shape index (κ1) is 15.7. The van der Waals surface area contributed by atoms with Crippen LogP contribution in [0.25, 0.3) is 11.4 Å². The van der Waals surface area contributed by atoms with Gasteiger partial charge in [0.05, 0.1) is 5.25 Å². The van der Waals surface area contributed by atoms with E-state index in [0.29, 0.717) is 5.89 Å². The summed E-state index contributed by atoms with van der Waals surface area (Å²) < 4.78 is 7.30. The van der Waals surface area contributed by atoms with E-state index in [1.807, 2.05) is 37.6 Å². The molecule has 0 aliphatic carbocycles. The molecule has 0 spiro atoms. The van der Waals surface area contributed by atoms with E-state index in [1.54, 1.807) is 11.8 Å². The molecule has 6 nitrogen and oxygen atoms in total. The molecule has 3 aromatic rings. The number of aromatic nitrogens is 5. The lowest BCUT2D eigenvalue weighted by Gasteiger charge is -2.08. The Morgan fingerprint density at radius 1 is 1.26 bits per heavy atom. The standard InChI is InChI=1S/C16H19N5OS/c1-5-13-17-15(22-20-13)11(3)23-16-19-18-14(21(16)4)12-9-7-6-8-10(12)2/h6-9,11H,5H2,1-4H3. The summed E-state index contributed by atoms with van der Waals surface area (Å²) in [5.74, 6) is 2.20. The second-order valence-corrected chi connectivity index (χ2v) is 6.65. The lowest BCUT2D eigenvalue weighted by molar-refractivity contribution is 0.375. The van der Waals surface area contributed by atoms with Crippen LogP contribution in [0.1, 0.15) is 36.4 Å². The van der Waals surface area contributed by atoms with Gasteiger partial charge in [0.25, 0.3) is 0 Å². The molecule has 2 aromatic heterocycles. The van der Waals surface area contributed by atoms with Crippen LogP contribution in [-0.2, 0) is 13.5 Å². The average Bonchev–Trinajstić information content (AvgIpc) is 3.16. The smallest absolute Gasteiger partial charge is 0.239 e. The third kappa shape index (κ3) is 3.14. The monoisotopic (exact) mass is 329 g/mol. The zero-order chi connectivity index (χ0) is 16.4. The summed E-state index contributed by atoms with van der Waals surface area (Å²) in [7, 11) is 1.97. The highest BCUT2D eigenvalue weighted by molar-refractivity contribution is 7.99. The van der Waals surface area contributed by atoms with Crippen LogP contribution in [0.3, 0.4) is 0 Å². The third-order valence-electron chi connectivity index (χ3n) is 3.65. The summed E-state index contributed by atoms with van der Waals surface area (Å²) in [6.45, 7) is 6.10. The van der Waals surface area contributed by atoms with E-state index < -0.39 is 0 Å². The van der Waals surface area contributed by atoms with Gasteiger partial charge in [0.1, 0.15) is 0 Å². The molecule has 1 unspecified atom stereocenters. The van der Waals surface area contributed by atoms with E-state index in [-0.39, 0.29) is 5.25 Å². The van der Waals surface area contributed by atoms with Crippen LogP contribution in [0, 0.1) is 6.92 Å². The van der Waals surface area contributed by atoms with Crippen molar-refractivity contribution in [3.8, 4) is 11.4 Å². The van der Waals surface area contributed by atoms with Gasteiger partial charge in [0.2, 0.25) is 5.89 Å². The predicted octanol–water partition coefficient (Wildman–Crippen LogP) is 3.59. The Hall–Kier alpha value is -2.15. The maximum Gasteiger partial charge on any atom is 0.239 e. The molecule has 1 atom stereocenters. The molecule has 0 aliphatic heterocycles. The molecule has 0 radical (unpaired) electrons. The van der Waals surface area contributed by atoms with E-state index in [0.717, 1.165) is 28.8 Å². The Morgan fingerprint density at radius 2 is 2.04 bits per heavy atom. The number of hydrogen-bond acceptors (Lipinski definition) is 6. The molecular weight excluding hydrogens is 310 g/mol. The van der Waals surface area contributed by atoms with Crippen molar-refractivity contribution in [1.29, 1.82) is 0 Å². The topological polar surface area (TPSA) is 69.6 Å². The fraction of sp³-hybridized carbons (Fsp3) is 0.375. The Morgan fingerprint density at radius 3 is 2.74 bits per heavy atom. The molecule has 2 heterocycles. The molecule has 0 aliphatic rings. The molecule has 1 aromatic carbocycles. The van der Waals surface area contributed by atoms with Gasteiger partial charge in [-0.3, -0.25) is 0 Å². The van der Waals surface area contributed by atoms with Gasteiger partial charge < -0.3 is 9.09 Å². The number of aryl methyl sites for hydroxylation is 2. The summed E-state index contributed by atoms with van der Waals surface area (Å²) in [4.78, 5) is 4.38. The molecule has 0 saturated carbocycles. The van der Waals surface area contributed by atoms with Crippen molar-refractivity contribution in [3.63, 3.8) is 0 Å². The van der Waals surface area contributed by atoms with Crippen LogP contribution >= 0.6 is 11.8 Å². The molecule has 0 amide bonds. The summed E-state index contributed by atoms with van der Waals surface area (Å²) in [6, 6.07) is 8.16. The van der Waals surface area contributed by atoms with Gasteiger partial charge in [-0.25, -0.2) is 0 Å². The predicted molar refractivity (Wildman–Crippen MR) is 89.1 cm³/mol. The van der Waals surface area contributed by atoms with Gasteiger partial charge in [0, 0.05) is 19.0 Å². The van der Waals surface area contributed by atoms with Gasteiger partial charge >= 0.3 is 0 Å². The number of rotatable bonds is 5. The number of thioether (sulfide) groups is 1. The van der Waals surface area contributed by atoms with Crippen molar-refractivity contribution in [2.45, 2.75) is 37.6 Å². The molecule has 120 valence electrons. The van der Waals surface area contributed by atoms with Crippen molar-refractivity contribution in [2.24, 2.45) is 7.05 Å². The van der Waals surface area contributed by atoms with Crippen molar-refractivity contribution in [1.82, 2.24) is 24.9 Å². The minimum atomic E-state index is 0.0235. The van der Waals surface area contributed by atoms with Gasteiger partial charge in [-0.2, -0.15) is 4.98 Å². The highest BCUT2D eigenvalue weighted by Crippen LogP contribution is 2.34. The second kappa shape index (κ2) is 6.54. The zero-order valence-corrected chi connectivity index (χ0v) is 14.5. The average molecular weight is 329 g/mol. The zero-order valence-electron chi connectivity index (χ0n) is 13.6. The summed E-state index contributed by atoms with van der Waals surface area (Å²) in [5.41, 5.74) is 2.27. The van der Waals surface area contributed by atoms with Crippen molar-refractivity contribution in [2.75, 3.05) is 0 Å². The van der Waals surface area contributed by atoms with Crippen molar-refractivity contribution < 1.29 is 4.52 Å². The van der Waals surface area contributed by atoms with Gasteiger partial charge in [0.15, 0.2) is 16.8 Å². The molecule has 7 heteroatoms. The number of nitrogens with zero attached hydrogens (tertiary/aromatic N) is 5. The van der Waals surface area contributed by atoms with Crippen molar-refractivity contribution >= 4 is 11.8 Å². The molecule has 0 saturated heterocycles. The first-order chi connectivity index (χ1) is 11.1. The first-order valence-corrected chi connectivity index (χ1v) is 8.42. The van der Waals surface area contributed by atoms with Crippen LogP contribution in [0.2, 0.25) is 0 Å². The number of hydrogen-bond donors (Lipinski definition) is 0. The Kier molecular flexibility index (Phi) is 4.47. The molecule has 0 N–H and O–H groups in total. The van der Waals surface area contributed by atoms with Crippen molar-refractivity contribution in [3.05, 3.63) is 41.5 Å². The maximum atomic E-state index is 5.30. The minimum Gasteiger partial charge on any atom is -0.338 e. The normalized spacial score (nSPS) is 12.5. The third-order valence-corrected chi connectivity index (χ3v) is 4.77. The first-order valence-electron chi connectivity index (χ1n) is 7.54. The lowest BCUT2D eigenvalue weighted by atomic mass is 10.1. The van der Waals surface area contributed by atoms with Crippen LogP contribution < -0.4 is 0 Å². The SMILES string of the molecule is CCc1noc(C(C)Sc2nnc(-c3ccccc3C)n2C)n1. The highest BCUT2D eigenvalue weighted by Gasteiger charge is 2.20. The Labute approximate surface area is 139 Å². The van der Waals surface area contributed by atoms with Crippen LogP contribution in [0.5, 0.6) is 0 Å². The minimum absolute atomic E-state index is 0.0235. The Balaban J connectivity index is 1.83. The molecule has 0 fully saturated rings. The fourth-order valence-electron chi connectivity index (χ4n) is 2.26. The largest absolute Gasteiger partial charge is 0.338 e. The van der Waals surface area contributed by atoms with Crippen LogP contribution in [0.4, 0.5) is 0 Å². The summed E-state index contributed by atoms with van der Waals surface area (Å²) >= 11 is 1.56. The fourth-order valence-corrected chi connectivity index (χ4v) is 3.11. The molecule has 3 rings (SSSR count). The van der Waals surface area contributed by atoms with Crippen LogP contribution in [0.15, 0.2) is 33.9 Å². The molecule has 0 bridgehead atoms. The highest BCUT2D eigenvalue weighted by atomic mass is 32.2. The van der Waals surface area contributed by atoms with Gasteiger partial charge in [-0.15, -0.1) is 10.2 Å². The number of benzene rings is 1. The van der Waals surface area contributed by atoms with Gasteiger partial charge in [-0.1, -0.05) is 48.1 Å². The van der Waals surface area contributed by atoms with E-state index in [2.05, 4.69) is 39.4 Å². The lowest BCUT2D eigenvalue weighted by Crippen LogP contribution is -1.98. The summed E-state index contributed by atoms with van der Waals surface area (Å²) in [6.07, 6.45) is 0.766. The van der Waals surface area contributed by atoms with E-state index in [1.165, 1.54) is 5.56 Å². The maximum absolute atomic E-state index is 5.30.